The van der Waals surface area contributed by atoms with Crippen LogP contribution in [0, 0.1) is 56.2 Å². The van der Waals surface area contributed by atoms with E-state index in [1.54, 1.807) is 0 Å². The zero-order chi connectivity index (χ0) is 25.4. The molecular weight excluding hydrogens is 440 g/mol. The Bertz CT molecular complexity index is 993. The molecule has 6 fully saturated rings. The molecule has 1 aliphatic heterocycles. The molecule has 1 spiro atoms. The molecule has 0 aromatic heterocycles. The number of carboxylic acids is 1. The number of ketones is 1. The fourth-order valence-electron chi connectivity index (χ4n) is 11.7. The van der Waals surface area contributed by atoms with E-state index in [1.807, 2.05) is 6.92 Å². The number of carbonyl (C=O) groups excluding carboxylic acids is 1. The number of aliphatic carboxylic acids is 1. The van der Waals surface area contributed by atoms with Crippen molar-refractivity contribution in [3.05, 3.63) is 0 Å². The van der Waals surface area contributed by atoms with Crippen molar-refractivity contribution in [1.29, 1.82) is 0 Å². The molecule has 5 heteroatoms. The van der Waals surface area contributed by atoms with Crippen LogP contribution < -0.4 is 0 Å². The molecule has 2 N–H and O–H groups in total. The van der Waals surface area contributed by atoms with E-state index in [1.165, 1.54) is 12.8 Å². The Morgan fingerprint density at radius 3 is 2.20 bits per heavy atom. The lowest BCUT2D eigenvalue weighted by Gasteiger charge is -2.74. The van der Waals surface area contributed by atoms with Gasteiger partial charge in [-0.3, -0.25) is 9.59 Å². The minimum absolute atomic E-state index is 0.0456. The Kier molecular flexibility index (Phi) is 4.69. The van der Waals surface area contributed by atoms with Crippen LogP contribution >= 0.6 is 0 Å². The third-order valence-electron chi connectivity index (χ3n) is 14.5. The van der Waals surface area contributed by atoms with Crippen molar-refractivity contribution in [3.63, 3.8) is 0 Å². The van der Waals surface area contributed by atoms with E-state index in [0.29, 0.717) is 24.9 Å². The summed E-state index contributed by atoms with van der Waals surface area (Å²) < 4.78 is 5.91. The molecule has 5 aliphatic carbocycles. The number of carbonyl (C=O) groups is 2. The average molecular weight is 487 g/mol. The third-order valence-corrected chi connectivity index (χ3v) is 14.5. The van der Waals surface area contributed by atoms with Gasteiger partial charge in [-0.1, -0.05) is 34.6 Å². The third kappa shape index (κ3) is 2.59. The Hall–Kier alpha value is -0.940. The van der Waals surface area contributed by atoms with Gasteiger partial charge in [-0.05, 0) is 104 Å². The molecule has 0 radical (unpaired) electrons. The molecule has 0 aromatic rings. The smallest absolute Gasteiger partial charge is 0.309 e. The molecule has 35 heavy (non-hydrogen) atoms. The number of hydrogen-bond acceptors (Lipinski definition) is 4. The summed E-state index contributed by atoms with van der Waals surface area (Å²) in [4.78, 5) is 25.5. The molecule has 1 heterocycles. The number of Topliss-reactive ketones (excluding diaryl/α,β-unsaturated/α-hetero) is 1. The van der Waals surface area contributed by atoms with Gasteiger partial charge in [-0.2, -0.15) is 0 Å². The van der Waals surface area contributed by atoms with Crippen LogP contribution in [0.2, 0.25) is 0 Å². The Morgan fingerprint density at radius 1 is 0.886 bits per heavy atom. The lowest BCUT2D eigenvalue weighted by Crippen LogP contribution is -2.69. The highest BCUT2D eigenvalue weighted by atomic mass is 16.6. The maximum absolute atomic E-state index is 13.2. The molecule has 196 valence electrons. The zero-order valence-corrected chi connectivity index (χ0v) is 22.7. The predicted octanol–water partition coefficient (Wildman–Crippen LogP) is 5.83. The van der Waals surface area contributed by atoms with Crippen molar-refractivity contribution in [3.8, 4) is 0 Å². The van der Waals surface area contributed by atoms with Gasteiger partial charge in [-0.15, -0.1) is 0 Å². The predicted molar refractivity (Wildman–Crippen MR) is 132 cm³/mol. The minimum atomic E-state index is -1.58. The van der Waals surface area contributed by atoms with E-state index >= 15 is 0 Å². The lowest BCUT2D eigenvalue weighted by molar-refractivity contribution is -0.261. The molecule has 0 unspecified atom stereocenters. The first kappa shape index (κ1) is 24.4. The highest BCUT2D eigenvalue weighted by Crippen LogP contribution is 2.79. The van der Waals surface area contributed by atoms with Crippen molar-refractivity contribution in [2.75, 3.05) is 6.61 Å². The summed E-state index contributed by atoms with van der Waals surface area (Å²) in [6, 6.07) is 0. The summed E-state index contributed by atoms with van der Waals surface area (Å²) in [7, 11) is 0. The van der Waals surface area contributed by atoms with E-state index in [4.69, 9.17) is 4.74 Å². The van der Waals surface area contributed by atoms with E-state index in [9.17, 15) is 19.8 Å². The first-order chi connectivity index (χ1) is 16.1. The van der Waals surface area contributed by atoms with Gasteiger partial charge in [0.15, 0.2) is 5.78 Å². The van der Waals surface area contributed by atoms with Gasteiger partial charge < -0.3 is 14.9 Å². The summed E-state index contributed by atoms with van der Waals surface area (Å²) in [5.41, 5.74) is -0.236. The summed E-state index contributed by atoms with van der Waals surface area (Å²) in [6.45, 7) is 14.5. The zero-order valence-electron chi connectivity index (χ0n) is 22.7. The number of carboxylic acid groups (broad SMARTS) is 1. The van der Waals surface area contributed by atoms with Gasteiger partial charge in [0.25, 0.3) is 0 Å². The normalized spacial score (nSPS) is 61.3. The molecule has 5 nitrogen and oxygen atoms in total. The maximum atomic E-state index is 13.2. The summed E-state index contributed by atoms with van der Waals surface area (Å²) in [5, 5.41) is 21.2. The Labute approximate surface area is 210 Å². The molecule has 6 aliphatic rings. The summed E-state index contributed by atoms with van der Waals surface area (Å²) >= 11 is 0. The second-order valence-electron chi connectivity index (χ2n) is 15.3. The second-order valence-corrected chi connectivity index (χ2v) is 15.3. The number of aliphatic hydroxyl groups is 1. The molecule has 2 bridgehead atoms. The number of fused-ring (bicyclic) bond motifs is 7. The Morgan fingerprint density at radius 2 is 1.51 bits per heavy atom. The van der Waals surface area contributed by atoms with Crippen molar-refractivity contribution < 1.29 is 24.5 Å². The van der Waals surface area contributed by atoms with E-state index in [0.717, 1.165) is 44.9 Å². The molecule has 11 atom stereocenters. The highest BCUT2D eigenvalue weighted by Gasteiger charge is 2.75. The lowest BCUT2D eigenvalue weighted by atomic mass is 9.30. The number of hydrogen-bond donors (Lipinski definition) is 2. The van der Waals surface area contributed by atoms with Crippen molar-refractivity contribution in [2.45, 2.75) is 112 Å². The number of ether oxygens (including phenoxy) is 1. The molecule has 0 amide bonds. The fourth-order valence-corrected chi connectivity index (χ4v) is 11.7. The van der Waals surface area contributed by atoms with E-state index < -0.39 is 17.2 Å². The van der Waals surface area contributed by atoms with Crippen LogP contribution in [0.15, 0.2) is 0 Å². The van der Waals surface area contributed by atoms with E-state index in [-0.39, 0.29) is 44.7 Å². The first-order valence-corrected chi connectivity index (χ1v) is 14.2. The Balaban J connectivity index is 1.41. The van der Waals surface area contributed by atoms with Gasteiger partial charge in [0.05, 0.1) is 12.0 Å². The van der Waals surface area contributed by atoms with Gasteiger partial charge in [0.2, 0.25) is 5.79 Å². The summed E-state index contributed by atoms with van der Waals surface area (Å²) in [5.74, 6) is -1.28. The molecule has 0 aromatic carbocycles. The highest BCUT2D eigenvalue weighted by molar-refractivity contribution is 5.88. The van der Waals surface area contributed by atoms with Gasteiger partial charge in [-0.25, -0.2) is 0 Å². The minimum Gasteiger partial charge on any atom is -0.481 e. The maximum Gasteiger partial charge on any atom is 0.309 e. The molecule has 6 rings (SSSR count). The van der Waals surface area contributed by atoms with Crippen LogP contribution in [0.25, 0.3) is 0 Å². The topological polar surface area (TPSA) is 83.8 Å². The average Bonchev–Trinajstić information content (AvgIpc) is 2.97. The van der Waals surface area contributed by atoms with Crippen molar-refractivity contribution in [2.24, 2.45) is 56.2 Å². The van der Waals surface area contributed by atoms with Crippen molar-refractivity contribution in [1.82, 2.24) is 0 Å². The standard InChI is InChI=1S/C30H46O5/c1-18-29-8-7-19-26(4,20(29)15-22(31)30(18,34)35-17-29)12-14-28(6)21-16-25(3,23(32)33)10-9-24(21,2)11-13-27(19,28)5/h18-21,34H,7-17H2,1-6H3,(H,32,33)/t18-,19-,20+,21+,24-,25-,26-,27-,28+,29+,30-/m1/s1. The second kappa shape index (κ2) is 6.73. The van der Waals surface area contributed by atoms with Gasteiger partial charge >= 0.3 is 5.97 Å². The monoisotopic (exact) mass is 486 g/mol. The number of rotatable bonds is 1. The van der Waals surface area contributed by atoms with Crippen LogP contribution in [-0.2, 0) is 14.3 Å². The quantitative estimate of drug-likeness (QED) is 0.487. The first-order valence-electron chi connectivity index (χ1n) is 14.2. The summed E-state index contributed by atoms with van der Waals surface area (Å²) in [6.07, 6.45) is 9.75. The fraction of sp³-hybridized carbons (Fsp3) is 0.933. The van der Waals surface area contributed by atoms with E-state index in [2.05, 4.69) is 34.6 Å². The molecular formula is C30H46O5. The SMILES string of the molecule is C[C@@H]1[C@@]23CC[C@@H]4[C@@](C)(CC[C@@]5(C)[C@H]6C[C@](C)(C(=O)O)CC[C@]6(C)CC[C@]45C)[C@@H]2CC(=O)[C@]1(O)OC3. The van der Waals surface area contributed by atoms with Gasteiger partial charge in [0.1, 0.15) is 0 Å². The largest absolute Gasteiger partial charge is 0.481 e. The van der Waals surface area contributed by atoms with Crippen molar-refractivity contribution >= 4 is 11.8 Å². The molecule has 1 saturated heterocycles. The van der Waals surface area contributed by atoms with Crippen LogP contribution in [0.4, 0.5) is 0 Å². The van der Waals surface area contributed by atoms with Crippen LogP contribution in [0.3, 0.4) is 0 Å². The van der Waals surface area contributed by atoms with Crippen LogP contribution in [0.1, 0.15) is 106 Å². The van der Waals surface area contributed by atoms with Crippen LogP contribution in [-0.4, -0.2) is 34.4 Å². The van der Waals surface area contributed by atoms with Gasteiger partial charge in [0, 0.05) is 17.8 Å². The van der Waals surface area contributed by atoms with Crippen LogP contribution in [0.5, 0.6) is 0 Å². The molecule has 5 saturated carbocycles.